The van der Waals surface area contributed by atoms with Gasteiger partial charge in [-0.1, -0.05) is 18.2 Å². The van der Waals surface area contributed by atoms with Gasteiger partial charge in [0, 0.05) is 19.2 Å². The monoisotopic (exact) mass is 302 g/mol. The average molecular weight is 303 g/mol. The van der Waals surface area contributed by atoms with E-state index in [4.69, 9.17) is 15.2 Å². The fraction of sp³-hybridized carbons (Fsp3) is 0.500. The minimum atomic E-state index is -0.650. The quantitative estimate of drug-likeness (QED) is 0.800. The summed E-state index contributed by atoms with van der Waals surface area (Å²) in [5.41, 5.74) is 6.57. The highest BCUT2D eigenvalue weighted by Crippen LogP contribution is 2.19. The van der Waals surface area contributed by atoms with Crippen LogP contribution in [0, 0.1) is 0 Å². The Hall–Kier alpha value is -1.30. The number of amides is 1. The molecule has 0 spiro atoms. The second-order valence-corrected chi connectivity index (χ2v) is 4.55. The standard InChI is InChI=1S/C14H22N2O3.ClH/c1-10(2)19-13-7-5-4-6-11(13)8-16-14(17)12(15)9-18-3;/h4-7,10,12H,8-9,15H2,1-3H3,(H,16,17);1H. The van der Waals surface area contributed by atoms with Crippen LogP contribution in [-0.4, -0.2) is 31.8 Å². The van der Waals surface area contributed by atoms with Crippen LogP contribution in [0.1, 0.15) is 19.4 Å². The minimum absolute atomic E-state index is 0. The van der Waals surface area contributed by atoms with Crippen LogP contribution in [0.15, 0.2) is 24.3 Å². The van der Waals surface area contributed by atoms with E-state index in [9.17, 15) is 4.79 Å². The number of benzene rings is 1. The van der Waals surface area contributed by atoms with Crippen LogP contribution in [0.4, 0.5) is 0 Å². The third-order valence-corrected chi connectivity index (χ3v) is 2.47. The first-order chi connectivity index (χ1) is 9.04. The average Bonchev–Trinajstić information content (AvgIpc) is 2.37. The third-order valence-electron chi connectivity index (χ3n) is 2.47. The molecule has 0 aromatic heterocycles. The lowest BCUT2D eigenvalue weighted by Crippen LogP contribution is -2.43. The zero-order valence-electron chi connectivity index (χ0n) is 12.1. The molecule has 1 atom stereocenters. The number of rotatable bonds is 7. The Labute approximate surface area is 126 Å². The summed E-state index contributed by atoms with van der Waals surface area (Å²) in [5.74, 6) is 0.541. The van der Waals surface area contributed by atoms with Gasteiger partial charge >= 0.3 is 0 Å². The normalized spacial score (nSPS) is 11.7. The van der Waals surface area contributed by atoms with E-state index < -0.39 is 6.04 Å². The van der Waals surface area contributed by atoms with Gasteiger partial charge in [0.15, 0.2) is 0 Å². The van der Waals surface area contributed by atoms with E-state index in [0.717, 1.165) is 11.3 Å². The molecule has 0 bridgehead atoms. The van der Waals surface area contributed by atoms with Crippen molar-refractivity contribution in [1.82, 2.24) is 5.32 Å². The van der Waals surface area contributed by atoms with Gasteiger partial charge in [-0.05, 0) is 19.9 Å². The van der Waals surface area contributed by atoms with Gasteiger partial charge in [-0.2, -0.15) is 0 Å². The molecule has 1 amide bonds. The van der Waals surface area contributed by atoms with Crippen molar-refractivity contribution in [1.29, 1.82) is 0 Å². The van der Waals surface area contributed by atoms with E-state index in [1.165, 1.54) is 7.11 Å². The molecular weight excluding hydrogens is 280 g/mol. The number of methoxy groups -OCH3 is 1. The Kier molecular flexibility index (Phi) is 8.96. The molecule has 5 nitrogen and oxygen atoms in total. The van der Waals surface area contributed by atoms with Crippen molar-refractivity contribution in [2.24, 2.45) is 5.73 Å². The SMILES string of the molecule is COCC(N)C(=O)NCc1ccccc1OC(C)C.Cl. The number of halogens is 1. The summed E-state index contributed by atoms with van der Waals surface area (Å²) in [6.45, 7) is 4.52. The second kappa shape index (κ2) is 9.58. The maximum absolute atomic E-state index is 11.7. The molecular formula is C14H23ClN2O3. The van der Waals surface area contributed by atoms with Crippen LogP contribution in [0.5, 0.6) is 5.75 Å². The van der Waals surface area contributed by atoms with Gasteiger partial charge in [0.25, 0.3) is 0 Å². The molecule has 1 rings (SSSR count). The topological polar surface area (TPSA) is 73.6 Å². The van der Waals surface area contributed by atoms with Gasteiger partial charge in [-0.3, -0.25) is 4.79 Å². The highest BCUT2D eigenvalue weighted by molar-refractivity contribution is 5.85. The second-order valence-electron chi connectivity index (χ2n) is 4.55. The first-order valence-corrected chi connectivity index (χ1v) is 6.31. The fourth-order valence-corrected chi connectivity index (χ4v) is 1.59. The summed E-state index contributed by atoms with van der Waals surface area (Å²) in [4.78, 5) is 11.7. The number of nitrogens with two attached hydrogens (primary N) is 1. The van der Waals surface area contributed by atoms with E-state index in [-0.39, 0.29) is 31.0 Å². The summed E-state index contributed by atoms with van der Waals surface area (Å²) < 4.78 is 10.5. The molecule has 0 radical (unpaired) electrons. The fourth-order valence-electron chi connectivity index (χ4n) is 1.59. The molecule has 0 fully saturated rings. The number of hydrogen-bond acceptors (Lipinski definition) is 4. The zero-order valence-corrected chi connectivity index (χ0v) is 12.9. The van der Waals surface area contributed by atoms with E-state index in [0.29, 0.717) is 6.54 Å². The van der Waals surface area contributed by atoms with Crippen molar-refractivity contribution in [3.8, 4) is 5.75 Å². The highest BCUT2D eigenvalue weighted by atomic mass is 35.5. The largest absolute Gasteiger partial charge is 0.491 e. The third kappa shape index (κ3) is 6.23. The Morgan fingerprint density at radius 3 is 2.60 bits per heavy atom. The Morgan fingerprint density at radius 2 is 2.00 bits per heavy atom. The highest BCUT2D eigenvalue weighted by Gasteiger charge is 2.13. The molecule has 0 aliphatic heterocycles. The predicted molar refractivity (Wildman–Crippen MR) is 81.2 cm³/mol. The van der Waals surface area contributed by atoms with Crippen molar-refractivity contribution in [3.05, 3.63) is 29.8 Å². The molecule has 1 aromatic rings. The van der Waals surface area contributed by atoms with Crippen LogP contribution in [0.25, 0.3) is 0 Å². The van der Waals surface area contributed by atoms with Crippen molar-refractivity contribution >= 4 is 18.3 Å². The summed E-state index contributed by atoms with van der Waals surface area (Å²) in [6, 6.07) is 6.96. The van der Waals surface area contributed by atoms with E-state index in [1.807, 2.05) is 38.1 Å². The number of carbonyl (C=O) groups is 1. The number of carbonyl (C=O) groups excluding carboxylic acids is 1. The molecule has 6 heteroatoms. The van der Waals surface area contributed by atoms with Crippen molar-refractivity contribution < 1.29 is 14.3 Å². The van der Waals surface area contributed by atoms with Gasteiger partial charge in [-0.25, -0.2) is 0 Å². The lowest BCUT2D eigenvalue weighted by molar-refractivity contribution is -0.123. The lowest BCUT2D eigenvalue weighted by atomic mass is 10.2. The van der Waals surface area contributed by atoms with E-state index in [1.54, 1.807) is 0 Å². The maximum atomic E-state index is 11.7. The van der Waals surface area contributed by atoms with Gasteiger partial charge < -0.3 is 20.5 Å². The zero-order chi connectivity index (χ0) is 14.3. The Balaban J connectivity index is 0.00000361. The van der Waals surface area contributed by atoms with Crippen LogP contribution in [0.3, 0.4) is 0 Å². The summed E-state index contributed by atoms with van der Waals surface area (Å²) >= 11 is 0. The lowest BCUT2D eigenvalue weighted by Gasteiger charge is -2.16. The molecule has 20 heavy (non-hydrogen) atoms. The van der Waals surface area contributed by atoms with Crippen molar-refractivity contribution in [2.75, 3.05) is 13.7 Å². The minimum Gasteiger partial charge on any atom is -0.491 e. The molecule has 0 aliphatic carbocycles. The number of hydrogen-bond donors (Lipinski definition) is 2. The molecule has 1 aromatic carbocycles. The first kappa shape index (κ1) is 18.7. The molecule has 0 aliphatic rings. The molecule has 0 heterocycles. The number of nitrogens with one attached hydrogen (secondary N) is 1. The van der Waals surface area contributed by atoms with Crippen LogP contribution < -0.4 is 15.8 Å². The van der Waals surface area contributed by atoms with Crippen LogP contribution in [0.2, 0.25) is 0 Å². The van der Waals surface area contributed by atoms with Gasteiger partial charge in [0.2, 0.25) is 5.91 Å². The summed E-state index contributed by atoms with van der Waals surface area (Å²) in [7, 11) is 1.51. The van der Waals surface area contributed by atoms with Crippen molar-refractivity contribution in [3.63, 3.8) is 0 Å². The molecule has 0 saturated heterocycles. The molecule has 114 valence electrons. The summed E-state index contributed by atoms with van der Waals surface area (Å²) in [6.07, 6.45) is 0.0904. The summed E-state index contributed by atoms with van der Waals surface area (Å²) in [5, 5.41) is 2.77. The first-order valence-electron chi connectivity index (χ1n) is 6.31. The van der Waals surface area contributed by atoms with Gasteiger partial charge in [0.1, 0.15) is 11.8 Å². The molecule has 3 N–H and O–H groups in total. The van der Waals surface area contributed by atoms with Gasteiger partial charge in [0.05, 0.1) is 12.7 Å². The smallest absolute Gasteiger partial charge is 0.239 e. The van der Waals surface area contributed by atoms with Gasteiger partial charge in [-0.15, -0.1) is 12.4 Å². The molecule has 1 unspecified atom stereocenters. The van der Waals surface area contributed by atoms with Crippen LogP contribution >= 0.6 is 12.4 Å². The Bertz CT molecular complexity index is 413. The van der Waals surface area contributed by atoms with E-state index >= 15 is 0 Å². The number of ether oxygens (including phenoxy) is 2. The van der Waals surface area contributed by atoms with Crippen molar-refractivity contribution in [2.45, 2.75) is 32.5 Å². The maximum Gasteiger partial charge on any atom is 0.239 e. The van der Waals surface area contributed by atoms with E-state index in [2.05, 4.69) is 5.32 Å². The molecule has 0 saturated carbocycles. The number of para-hydroxylation sites is 1. The predicted octanol–water partition coefficient (Wildman–Crippen LogP) is 1.49. The Morgan fingerprint density at radius 1 is 1.35 bits per heavy atom. The van der Waals surface area contributed by atoms with Crippen LogP contribution in [-0.2, 0) is 16.1 Å².